The lowest BCUT2D eigenvalue weighted by Gasteiger charge is -2.33. The molecule has 0 saturated carbocycles. The van der Waals surface area contributed by atoms with Crippen molar-refractivity contribution in [1.82, 2.24) is 25.3 Å². The van der Waals surface area contributed by atoms with E-state index in [0.717, 1.165) is 37.4 Å². The van der Waals surface area contributed by atoms with Crippen LogP contribution in [0.1, 0.15) is 30.7 Å². The van der Waals surface area contributed by atoms with Crippen molar-refractivity contribution in [2.45, 2.75) is 45.7 Å². The number of likely N-dealkylation sites (N-methyl/N-ethyl adjacent to an activating group) is 1. The number of halogens is 1. The molecule has 2 aliphatic heterocycles. The van der Waals surface area contributed by atoms with E-state index in [1.54, 1.807) is 0 Å². The zero-order valence-corrected chi connectivity index (χ0v) is 15.6. The van der Waals surface area contributed by atoms with Crippen LogP contribution in [0.4, 0.5) is 0 Å². The lowest BCUT2D eigenvalue weighted by molar-refractivity contribution is -0.125. The first kappa shape index (κ1) is 17.7. The Kier molecular flexibility index (Phi) is 5.18. The van der Waals surface area contributed by atoms with Crippen LogP contribution in [0.15, 0.2) is 0 Å². The van der Waals surface area contributed by atoms with Gasteiger partial charge in [0.25, 0.3) is 0 Å². The van der Waals surface area contributed by atoms with Crippen LogP contribution in [0, 0.1) is 19.3 Å². The lowest BCUT2D eigenvalue weighted by atomic mass is 9.77. The van der Waals surface area contributed by atoms with Gasteiger partial charge in [0.2, 0.25) is 5.91 Å². The number of aromatic nitrogens is 2. The van der Waals surface area contributed by atoms with E-state index in [1.165, 1.54) is 12.8 Å². The molecule has 3 rings (SSSR count). The highest BCUT2D eigenvalue weighted by atomic mass is 35.5. The van der Waals surface area contributed by atoms with E-state index < -0.39 is 0 Å². The lowest BCUT2D eigenvalue weighted by Crippen LogP contribution is -2.42. The Balaban J connectivity index is 1.52. The highest BCUT2D eigenvalue weighted by Crippen LogP contribution is 2.41. The number of hydrogen-bond donors (Lipinski definition) is 2. The quantitative estimate of drug-likeness (QED) is 0.857. The molecule has 1 aromatic rings. The van der Waals surface area contributed by atoms with E-state index in [4.69, 9.17) is 11.6 Å². The van der Waals surface area contributed by atoms with Gasteiger partial charge in [0.05, 0.1) is 29.0 Å². The molecule has 2 fully saturated rings. The van der Waals surface area contributed by atoms with Crippen molar-refractivity contribution in [2.24, 2.45) is 5.41 Å². The Morgan fingerprint density at radius 1 is 1.42 bits per heavy atom. The van der Waals surface area contributed by atoms with Gasteiger partial charge < -0.3 is 10.6 Å². The molecule has 0 aliphatic carbocycles. The molecule has 24 heavy (non-hydrogen) atoms. The molecule has 0 aromatic carbocycles. The highest BCUT2D eigenvalue weighted by molar-refractivity contribution is 6.31. The fourth-order valence-corrected chi connectivity index (χ4v) is 4.31. The summed E-state index contributed by atoms with van der Waals surface area (Å²) in [7, 11) is 2.07. The zero-order chi connectivity index (χ0) is 17.3. The number of carbonyl (C=O) groups is 1. The van der Waals surface area contributed by atoms with Crippen molar-refractivity contribution in [1.29, 1.82) is 0 Å². The molecule has 1 spiro atoms. The summed E-state index contributed by atoms with van der Waals surface area (Å²) >= 11 is 6.16. The van der Waals surface area contributed by atoms with E-state index in [9.17, 15) is 4.79 Å². The second-order valence-corrected chi connectivity index (χ2v) is 7.76. The van der Waals surface area contributed by atoms with Gasteiger partial charge in [0, 0.05) is 13.1 Å². The average molecular weight is 354 g/mol. The molecule has 7 heteroatoms. The number of aryl methyl sites for hydroxylation is 1. The number of amides is 1. The van der Waals surface area contributed by atoms with Gasteiger partial charge in [-0.1, -0.05) is 11.6 Å². The van der Waals surface area contributed by atoms with Crippen molar-refractivity contribution in [3.05, 3.63) is 16.4 Å². The molecule has 2 saturated heterocycles. The monoisotopic (exact) mass is 353 g/mol. The summed E-state index contributed by atoms with van der Waals surface area (Å²) in [6.45, 7) is 8.25. The summed E-state index contributed by atoms with van der Waals surface area (Å²) in [5.41, 5.74) is 2.12. The summed E-state index contributed by atoms with van der Waals surface area (Å²) in [6.07, 6.45) is 3.32. The van der Waals surface area contributed by atoms with Gasteiger partial charge in [-0.3, -0.25) is 14.4 Å². The molecule has 1 aromatic heterocycles. The van der Waals surface area contributed by atoms with Gasteiger partial charge in [-0.25, -0.2) is 0 Å². The van der Waals surface area contributed by atoms with Crippen molar-refractivity contribution in [3.8, 4) is 0 Å². The van der Waals surface area contributed by atoms with Gasteiger partial charge in [-0.2, -0.15) is 5.10 Å². The summed E-state index contributed by atoms with van der Waals surface area (Å²) < 4.78 is 1.87. The van der Waals surface area contributed by atoms with Crippen LogP contribution >= 0.6 is 11.6 Å². The van der Waals surface area contributed by atoms with Crippen LogP contribution in [0.2, 0.25) is 5.02 Å². The van der Waals surface area contributed by atoms with Gasteiger partial charge in [0.1, 0.15) is 0 Å². The Morgan fingerprint density at radius 2 is 2.12 bits per heavy atom. The average Bonchev–Trinajstić information content (AvgIpc) is 3.00. The third-order valence-electron chi connectivity index (χ3n) is 5.63. The van der Waals surface area contributed by atoms with E-state index in [0.29, 0.717) is 23.5 Å². The number of likely N-dealkylation sites (tertiary alicyclic amines) is 1. The Hall–Kier alpha value is -1.11. The van der Waals surface area contributed by atoms with E-state index >= 15 is 0 Å². The van der Waals surface area contributed by atoms with Crippen LogP contribution in [-0.2, 0) is 11.3 Å². The maximum absolute atomic E-state index is 12.6. The van der Waals surface area contributed by atoms with E-state index in [-0.39, 0.29) is 11.9 Å². The molecule has 2 N–H and O–H groups in total. The molecule has 1 amide bonds. The van der Waals surface area contributed by atoms with Crippen molar-refractivity contribution in [2.75, 3.05) is 33.2 Å². The summed E-state index contributed by atoms with van der Waals surface area (Å²) in [5, 5.41) is 11.6. The summed E-state index contributed by atoms with van der Waals surface area (Å²) in [5.74, 6) is 0.139. The molecule has 0 radical (unpaired) electrons. The number of nitrogens with one attached hydrogen (secondary N) is 2. The standard InChI is InChI=1S/C17H28ClN5O/c1-12-15(18)13(2)23(21-12)9-8-20-16(24)14-10-17(11-22(14)3)4-6-19-7-5-17/h14,19H,4-11H2,1-3H3,(H,20,24). The number of hydrogen-bond acceptors (Lipinski definition) is 4. The second kappa shape index (κ2) is 7.02. The van der Waals surface area contributed by atoms with Gasteiger partial charge >= 0.3 is 0 Å². The third kappa shape index (κ3) is 3.46. The predicted octanol–water partition coefficient (Wildman–Crippen LogP) is 1.34. The summed E-state index contributed by atoms with van der Waals surface area (Å²) in [4.78, 5) is 14.8. The van der Waals surface area contributed by atoms with Crippen LogP contribution < -0.4 is 10.6 Å². The van der Waals surface area contributed by atoms with E-state index in [2.05, 4.69) is 27.7 Å². The first-order chi connectivity index (χ1) is 11.4. The van der Waals surface area contributed by atoms with E-state index in [1.807, 2.05) is 18.5 Å². The van der Waals surface area contributed by atoms with Gasteiger partial charge in [-0.05, 0) is 58.7 Å². The third-order valence-corrected chi connectivity index (χ3v) is 6.17. The molecule has 1 unspecified atom stereocenters. The summed E-state index contributed by atoms with van der Waals surface area (Å²) in [6, 6.07) is -0.00728. The van der Waals surface area contributed by atoms with Gasteiger partial charge in [0.15, 0.2) is 0 Å². The van der Waals surface area contributed by atoms with Gasteiger partial charge in [-0.15, -0.1) is 0 Å². The van der Waals surface area contributed by atoms with Crippen LogP contribution in [0.3, 0.4) is 0 Å². The SMILES string of the molecule is Cc1nn(CCNC(=O)C2CC3(CCNCC3)CN2C)c(C)c1Cl. The molecule has 0 bridgehead atoms. The molecule has 3 heterocycles. The van der Waals surface area contributed by atoms with Crippen molar-refractivity contribution >= 4 is 17.5 Å². The van der Waals surface area contributed by atoms with Crippen LogP contribution in [0.25, 0.3) is 0 Å². The number of piperidine rings is 1. The fraction of sp³-hybridized carbons (Fsp3) is 0.765. The number of rotatable bonds is 4. The number of carbonyl (C=O) groups excluding carboxylic acids is 1. The zero-order valence-electron chi connectivity index (χ0n) is 14.9. The first-order valence-electron chi connectivity index (χ1n) is 8.80. The maximum atomic E-state index is 12.6. The largest absolute Gasteiger partial charge is 0.353 e. The molecular weight excluding hydrogens is 326 g/mol. The maximum Gasteiger partial charge on any atom is 0.237 e. The minimum atomic E-state index is -0.00728. The molecule has 134 valence electrons. The van der Waals surface area contributed by atoms with Crippen molar-refractivity contribution in [3.63, 3.8) is 0 Å². The Labute approximate surface area is 148 Å². The second-order valence-electron chi connectivity index (χ2n) is 7.38. The van der Waals surface area contributed by atoms with Crippen LogP contribution in [-0.4, -0.2) is 59.9 Å². The normalized spacial score (nSPS) is 23.8. The van der Waals surface area contributed by atoms with Crippen LogP contribution in [0.5, 0.6) is 0 Å². The van der Waals surface area contributed by atoms with Crippen molar-refractivity contribution < 1.29 is 4.79 Å². The Morgan fingerprint density at radius 3 is 2.75 bits per heavy atom. The molecule has 6 nitrogen and oxygen atoms in total. The minimum absolute atomic E-state index is 0.00728. The molecule has 2 aliphatic rings. The molecule has 1 atom stereocenters. The molecular formula is C17H28ClN5O. The predicted molar refractivity (Wildman–Crippen MR) is 95.3 cm³/mol. The fourth-order valence-electron chi connectivity index (χ4n) is 4.18. The number of nitrogens with zero attached hydrogens (tertiary/aromatic N) is 3. The minimum Gasteiger partial charge on any atom is -0.353 e. The highest BCUT2D eigenvalue weighted by Gasteiger charge is 2.45. The topological polar surface area (TPSA) is 62.2 Å². The Bertz CT molecular complexity index is 608. The smallest absolute Gasteiger partial charge is 0.237 e. The first-order valence-corrected chi connectivity index (χ1v) is 9.18.